The molecule has 0 amide bonds. The number of benzene rings is 3. The van der Waals surface area contributed by atoms with Crippen LogP contribution in [0.4, 0.5) is 34.4 Å². The standard InChI is InChI=1S/C28H21BrN4/c29-22-19-25(32(23-11-3-1-4-12-23)27-15-7-9-17-30-27)21-26(20-22)33(24-13-5-2-6-14-24)28-16-8-10-18-31-28/h1-21H. The monoisotopic (exact) mass is 492 g/mol. The van der Waals surface area contributed by atoms with Gasteiger partial charge < -0.3 is 0 Å². The number of pyridine rings is 2. The third-order valence-corrected chi connectivity index (χ3v) is 5.63. The summed E-state index contributed by atoms with van der Waals surface area (Å²) in [6.45, 7) is 0. The summed E-state index contributed by atoms with van der Waals surface area (Å²) in [7, 11) is 0. The lowest BCUT2D eigenvalue weighted by molar-refractivity contribution is 1.16. The van der Waals surface area contributed by atoms with Crippen molar-refractivity contribution in [1.82, 2.24) is 9.97 Å². The first kappa shape index (κ1) is 20.9. The minimum atomic E-state index is 0.844. The Balaban J connectivity index is 1.69. The minimum Gasteiger partial charge on any atom is -0.295 e. The number of aromatic nitrogens is 2. The van der Waals surface area contributed by atoms with E-state index in [1.165, 1.54) is 0 Å². The summed E-state index contributed by atoms with van der Waals surface area (Å²) in [5, 5.41) is 0. The normalized spacial score (nSPS) is 10.6. The van der Waals surface area contributed by atoms with Gasteiger partial charge in [0.2, 0.25) is 0 Å². The molecule has 0 aliphatic heterocycles. The van der Waals surface area contributed by atoms with Crippen molar-refractivity contribution in [1.29, 1.82) is 0 Å². The number of para-hydroxylation sites is 2. The lowest BCUT2D eigenvalue weighted by atomic mass is 10.1. The van der Waals surface area contributed by atoms with Crippen LogP contribution >= 0.6 is 15.9 Å². The third-order valence-electron chi connectivity index (χ3n) is 5.17. The molecule has 0 aliphatic rings. The molecular weight excluding hydrogens is 472 g/mol. The summed E-state index contributed by atoms with van der Waals surface area (Å²) in [6.07, 6.45) is 3.63. The Morgan fingerprint density at radius 1 is 0.455 bits per heavy atom. The highest BCUT2D eigenvalue weighted by Crippen LogP contribution is 2.40. The fraction of sp³-hybridized carbons (Fsp3) is 0. The van der Waals surface area contributed by atoms with E-state index in [4.69, 9.17) is 0 Å². The van der Waals surface area contributed by atoms with E-state index in [-0.39, 0.29) is 0 Å². The van der Waals surface area contributed by atoms with Crippen molar-refractivity contribution >= 4 is 50.3 Å². The van der Waals surface area contributed by atoms with Crippen molar-refractivity contribution in [3.63, 3.8) is 0 Å². The van der Waals surface area contributed by atoms with Crippen LogP contribution in [-0.4, -0.2) is 9.97 Å². The second-order valence-corrected chi connectivity index (χ2v) is 8.30. The molecule has 0 radical (unpaired) electrons. The Morgan fingerprint density at radius 3 is 1.27 bits per heavy atom. The molecule has 2 heterocycles. The molecule has 0 bridgehead atoms. The summed E-state index contributed by atoms with van der Waals surface area (Å²) in [4.78, 5) is 13.6. The van der Waals surface area contributed by atoms with Crippen molar-refractivity contribution in [3.8, 4) is 0 Å². The Bertz CT molecular complexity index is 1130. The summed E-state index contributed by atoms with van der Waals surface area (Å²) in [5.41, 5.74) is 4.04. The first-order chi connectivity index (χ1) is 16.3. The van der Waals surface area contributed by atoms with Gasteiger partial charge in [-0.2, -0.15) is 0 Å². The molecule has 0 saturated heterocycles. The fourth-order valence-electron chi connectivity index (χ4n) is 3.77. The van der Waals surface area contributed by atoms with Gasteiger partial charge in [0.05, 0.1) is 11.4 Å². The Hall–Kier alpha value is -3.96. The van der Waals surface area contributed by atoms with Gasteiger partial charge in [-0.15, -0.1) is 0 Å². The number of halogens is 1. The summed E-state index contributed by atoms with van der Waals surface area (Å²) in [5.74, 6) is 1.69. The molecule has 0 spiro atoms. The van der Waals surface area contributed by atoms with Crippen molar-refractivity contribution < 1.29 is 0 Å². The maximum atomic E-state index is 4.64. The maximum Gasteiger partial charge on any atom is 0.137 e. The van der Waals surface area contributed by atoms with Crippen LogP contribution in [0, 0.1) is 0 Å². The fourth-order valence-corrected chi connectivity index (χ4v) is 4.24. The van der Waals surface area contributed by atoms with Gasteiger partial charge in [0.15, 0.2) is 0 Å². The first-order valence-corrected chi connectivity index (χ1v) is 11.4. The second kappa shape index (κ2) is 9.67. The van der Waals surface area contributed by atoms with Crippen LogP contribution in [0.2, 0.25) is 0 Å². The van der Waals surface area contributed by atoms with E-state index in [2.05, 4.69) is 78.2 Å². The molecule has 5 aromatic rings. The number of hydrogen-bond donors (Lipinski definition) is 0. The van der Waals surface area contributed by atoms with E-state index >= 15 is 0 Å². The Morgan fingerprint density at radius 2 is 0.879 bits per heavy atom. The molecule has 0 saturated carbocycles. The van der Waals surface area contributed by atoms with E-state index < -0.39 is 0 Å². The number of anilines is 6. The van der Waals surface area contributed by atoms with Crippen molar-refractivity contribution in [2.75, 3.05) is 9.80 Å². The van der Waals surface area contributed by atoms with E-state index in [0.717, 1.165) is 38.9 Å². The molecule has 2 aromatic heterocycles. The zero-order chi connectivity index (χ0) is 22.5. The maximum absolute atomic E-state index is 4.64. The highest BCUT2D eigenvalue weighted by Gasteiger charge is 2.19. The SMILES string of the molecule is Brc1cc(N(c2ccccc2)c2ccccn2)cc(N(c2ccccc2)c2ccccn2)c1. The topological polar surface area (TPSA) is 32.3 Å². The van der Waals surface area contributed by atoms with E-state index in [9.17, 15) is 0 Å². The van der Waals surface area contributed by atoms with Crippen LogP contribution in [-0.2, 0) is 0 Å². The van der Waals surface area contributed by atoms with Gasteiger partial charge in [-0.05, 0) is 66.7 Å². The van der Waals surface area contributed by atoms with Crippen LogP contribution in [0.5, 0.6) is 0 Å². The average molecular weight is 493 g/mol. The molecule has 0 aliphatic carbocycles. The third kappa shape index (κ3) is 4.64. The highest BCUT2D eigenvalue weighted by atomic mass is 79.9. The van der Waals surface area contributed by atoms with Gasteiger partial charge in [0.1, 0.15) is 11.6 Å². The van der Waals surface area contributed by atoms with Crippen molar-refractivity contribution in [2.24, 2.45) is 0 Å². The van der Waals surface area contributed by atoms with Gasteiger partial charge in [-0.1, -0.05) is 64.5 Å². The predicted molar refractivity (Wildman–Crippen MR) is 139 cm³/mol. The lowest BCUT2D eigenvalue weighted by Crippen LogP contribution is -2.14. The second-order valence-electron chi connectivity index (χ2n) is 7.39. The van der Waals surface area contributed by atoms with Gasteiger partial charge >= 0.3 is 0 Å². The van der Waals surface area contributed by atoms with Crippen LogP contribution in [0.15, 0.2) is 132 Å². The van der Waals surface area contributed by atoms with Gasteiger partial charge in [-0.3, -0.25) is 9.80 Å². The molecule has 0 unspecified atom stereocenters. The molecule has 5 heteroatoms. The van der Waals surface area contributed by atoms with Crippen LogP contribution in [0.3, 0.4) is 0 Å². The molecular formula is C28H21BrN4. The quantitative estimate of drug-likeness (QED) is 0.239. The Labute approximate surface area is 201 Å². The van der Waals surface area contributed by atoms with E-state index in [1.807, 2.05) is 85.2 Å². The summed E-state index contributed by atoms with van der Waals surface area (Å²) < 4.78 is 0.962. The zero-order valence-electron chi connectivity index (χ0n) is 17.8. The van der Waals surface area contributed by atoms with Crippen LogP contribution in [0.1, 0.15) is 0 Å². The molecule has 4 nitrogen and oxygen atoms in total. The van der Waals surface area contributed by atoms with E-state index in [0.29, 0.717) is 0 Å². The molecule has 33 heavy (non-hydrogen) atoms. The molecule has 160 valence electrons. The average Bonchev–Trinajstić information content (AvgIpc) is 2.87. The first-order valence-electron chi connectivity index (χ1n) is 10.6. The van der Waals surface area contributed by atoms with Crippen molar-refractivity contribution in [3.05, 3.63) is 132 Å². The summed E-state index contributed by atoms with van der Waals surface area (Å²) in [6, 6.07) is 38.8. The number of nitrogens with zero attached hydrogens (tertiary/aromatic N) is 4. The van der Waals surface area contributed by atoms with Crippen LogP contribution in [0.25, 0.3) is 0 Å². The lowest BCUT2D eigenvalue weighted by Gasteiger charge is -2.28. The van der Waals surface area contributed by atoms with Gasteiger partial charge in [0, 0.05) is 28.2 Å². The predicted octanol–water partition coefficient (Wildman–Crippen LogP) is 8.18. The number of hydrogen-bond acceptors (Lipinski definition) is 4. The Kier molecular flexibility index (Phi) is 6.13. The minimum absolute atomic E-state index is 0.844. The molecule has 0 N–H and O–H groups in total. The van der Waals surface area contributed by atoms with Crippen LogP contribution < -0.4 is 9.80 Å². The molecule has 5 rings (SSSR count). The molecule has 0 atom stereocenters. The summed E-state index contributed by atoms with van der Waals surface area (Å²) >= 11 is 3.75. The van der Waals surface area contributed by atoms with Gasteiger partial charge in [-0.25, -0.2) is 9.97 Å². The molecule has 3 aromatic carbocycles. The highest BCUT2D eigenvalue weighted by molar-refractivity contribution is 9.10. The number of rotatable bonds is 6. The largest absolute Gasteiger partial charge is 0.295 e. The van der Waals surface area contributed by atoms with Crippen molar-refractivity contribution in [2.45, 2.75) is 0 Å². The molecule has 0 fully saturated rings. The van der Waals surface area contributed by atoms with Gasteiger partial charge in [0.25, 0.3) is 0 Å². The van der Waals surface area contributed by atoms with E-state index in [1.54, 1.807) is 0 Å². The smallest absolute Gasteiger partial charge is 0.137 e. The zero-order valence-corrected chi connectivity index (χ0v) is 19.4.